The van der Waals surface area contributed by atoms with Gasteiger partial charge >= 0.3 is 5.97 Å². The van der Waals surface area contributed by atoms with E-state index in [9.17, 15) is 4.79 Å². The van der Waals surface area contributed by atoms with E-state index in [0.29, 0.717) is 0 Å². The van der Waals surface area contributed by atoms with Crippen molar-refractivity contribution in [2.75, 3.05) is 19.6 Å². The fourth-order valence-electron chi connectivity index (χ4n) is 3.04. The number of carboxylic acids is 1. The summed E-state index contributed by atoms with van der Waals surface area (Å²) < 4.78 is 1.95. The van der Waals surface area contributed by atoms with Crippen LogP contribution in [0.1, 0.15) is 11.3 Å². The van der Waals surface area contributed by atoms with Gasteiger partial charge < -0.3 is 5.11 Å². The van der Waals surface area contributed by atoms with E-state index in [1.165, 1.54) is 11.1 Å². The Labute approximate surface area is 123 Å². The smallest absolute Gasteiger partial charge is 0.317 e. The summed E-state index contributed by atoms with van der Waals surface area (Å²) in [6, 6.07) is 10.3. The molecule has 1 aromatic carbocycles. The summed E-state index contributed by atoms with van der Waals surface area (Å²) in [6.45, 7) is 1.63. The SMILES string of the molecule is Cn1nc2c(c1-c1ccccc1)CCN(CC(=O)O)CC2. The molecule has 0 bridgehead atoms. The summed E-state index contributed by atoms with van der Waals surface area (Å²) in [6.07, 6.45) is 1.66. The number of hydrogen-bond donors (Lipinski definition) is 1. The molecular formula is C16H19N3O2. The van der Waals surface area contributed by atoms with Gasteiger partial charge in [0.15, 0.2) is 0 Å². The van der Waals surface area contributed by atoms with Crippen molar-refractivity contribution in [1.29, 1.82) is 0 Å². The van der Waals surface area contributed by atoms with Gasteiger partial charge in [-0.15, -0.1) is 0 Å². The molecule has 0 saturated carbocycles. The molecule has 2 heterocycles. The van der Waals surface area contributed by atoms with Crippen LogP contribution in [0.4, 0.5) is 0 Å². The Hall–Kier alpha value is -2.14. The lowest BCUT2D eigenvalue weighted by Crippen LogP contribution is -2.32. The first-order chi connectivity index (χ1) is 10.1. The number of benzene rings is 1. The van der Waals surface area contributed by atoms with Crippen LogP contribution in [0, 0.1) is 0 Å². The van der Waals surface area contributed by atoms with Crippen LogP contribution in [0.2, 0.25) is 0 Å². The first-order valence-electron chi connectivity index (χ1n) is 7.19. The molecule has 0 fully saturated rings. The number of aryl methyl sites for hydroxylation is 1. The molecule has 2 aromatic rings. The largest absolute Gasteiger partial charge is 0.480 e. The third kappa shape index (κ3) is 2.83. The van der Waals surface area contributed by atoms with Crippen LogP contribution < -0.4 is 0 Å². The normalized spacial score (nSPS) is 15.5. The highest BCUT2D eigenvalue weighted by Gasteiger charge is 2.22. The molecule has 1 aliphatic rings. The molecule has 0 spiro atoms. The molecule has 0 amide bonds. The fraction of sp³-hybridized carbons (Fsp3) is 0.375. The molecule has 0 aliphatic carbocycles. The lowest BCUT2D eigenvalue weighted by atomic mass is 10.0. The fourth-order valence-corrected chi connectivity index (χ4v) is 3.04. The summed E-state index contributed by atoms with van der Waals surface area (Å²) in [7, 11) is 1.98. The molecule has 1 N–H and O–H groups in total. The van der Waals surface area contributed by atoms with Crippen molar-refractivity contribution in [1.82, 2.24) is 14.7 Å². The Bertz CT molecular complexity index is 649. The summed E-state index contributed by atoms with van der Waals surface area (Å²) in [5, 5.41) is 13.6. The summed E-state index contributed by atoms with van der Waals surface area (Å²) in [4.78, 5) is 12.9. The van der Waals surface area contributed by atoms with Crippen molar-refractivity contribution in [3.8, 4) is 11.3 Å². The van der Waals surface area contributed by atoms with Crippen LogP contribution in [0.15, 0.2) is 30.3 Å². The minimum atomic E-state index is -0.765. The maximum absolute atomic E-state index is 10.9. The highest BCUT2D eigenvalue weighted by molar-refractivity contribution is 5.69. The van der Waals surface area contributed by atoms with Crippen LogP contribution in [0.3, 0.4) is 0 Å². The van der Waals surface area contributed by atoms with Gasteiger partial charge in [-0.25, -0.2) is 0 Å². The van der Waals surface area contributed by atoms with E-state index in [2.05, 4.69) is 17.2 Å². The number of aromatic nitrogens is 2. The van der Waals surface area contributed by atoms with E-state index in [1.54, 1.807) is 0 Å². The standard InChI is InChI=1S/C16H19N3O2/c1-18-16(12-5-3-2-4-6-12)13-7-9-19(11-15(20)21)10-8-14(13)17-18/h2-6H,7-11H2,1H3,(H,20,21). The topological polar surface area (TPSA) is 58.4 Å². The van der Waals surface area contributed by atoms with E-state index < -0.39 is 5.97 Å². The molecule has 5 nitrogen and oxygen atoms in total. The quantitative estimate of drug-likeness (QED) is 0.930. The molecule has 3 rings (SSSR count). The van der Waals surface area contributed by atoms with Crippen molar-refractivity contribution in [3.05, 3.63) is 41.6 Å². The molecular weight excluding hydrogens is 266 g/mol. The van der Waals surface area contributed by atoms with Gasteiger partial charge in [0.2, 0.25) is 0 Å². The number of fused-ring (bicyclic) bond motifs is 1. The zero-order valence-electron chi connectivity index (χ0n) is 12.1. The second-order valence-corrected chi connectivity index (χ2v) is 5.43. The van der Waals surface area contributed by atoms with Gasteiger partial charge in [-0.05, 0) is 6.42 Å². The summed E-state index contributed by atoms with van der Waals surface area (Å²) >= 11 is 0. The van der Waals surface area contributed by atoms with Gasteiger partial charge in [-0.3, -0.25) is 14.4 Å². The van der Waals surface area contributed by atoms with Gasteiger partial charge in [-0.2, -0.15) is 5.10 Å². The molecule has 0 unspecified atom stereocenters. The molecule has 0 saturated heterocycles. The second-order valence-electron chi connectivity index (χ2n) is 5.43. The molecule has 5 heteroatoms. The number of carbonyl (C=O) groups is 1. The Morgan fingerprint density at radius 1 is 1.24 bits per heavy atom. The highest BCUT2D eigenvalue weighted by atomic mass is 16.4. The van der Waals surface area contributed by atoms with Gasteiger partial charge in [0, 0.05) is 37.7 Å². The van der Waals surface area contributed by atoms with Crippen molar-refractivity contribution in [3.63, 3.8) is 0 Å². The van der Waals surface area contributed by atoms with Gasteiger partial charge in [0.05, 0.1) is 17.9 Å². The third-order valence-corrected chi connectivity index (χ3v) is 3.98. The number of carboxylic acid groups (broad SMARTS) is 1. The zero-order chi connectivity index (χ0) is 14.8. The van der Waals surface area contributed by atoms with Crippen molar-refractivity contribution < 1.29 is 9.90 Å². The minimum Gasteiger partial charge on any atom is -0.480 e. The van der Waals surface area contributed by atoms with E-state index >= 15 is 0 Å². The first-order valence-corrected chi connectivity index (χ1v) is 7.19. The second kappa shape index (κ2) is 5.69. The van der Waals surface area contributed by atoms with Crippen molar-refractivity contribution in [2.45, 2.75) is 12.8 Å². The monoisotopic (exact) mass is 285 g/mol. The van der Waals surface area contributed by atoms with Crippen molar-refractivity contribution in [2.24, 2.45) is 7.05 Å². The molecule has 21 heavy (non-hydrogen) atoms. The maximum Gasteiger partial charge on any atom is 0.317 e. The third-order valence-electron chi connectivity index (χ3n) is 3.98. The Kier molecular flexibility index (Phi) is 3.75. The van der Waals surface area contributed by atoms with Gasteiger partial charge in [0.1, 0.15) is 0 Å². The number of hydrogen-bond acceptors (Lipinski definition) is 3. The van der Waals surface area contributed by atoms with Crippen LogP contribution in [-0.4, -0.2) is 45.4 Å². The number of rotatable bonds is 3. The summed E-state index contributed by atoms with van der Waals surface area (Å²) in [5.74, 6) is -0.765. The first kappa shape index (κ1) is 13.8. The predicted molar refractivity (Wildman–Crippen MR) is 80.1 cm³/mol. The van der Waals surface area contributed by atoms with Crippen molar-refractivity contribution >= 4 is 5.97 Å². The Morgan fingerprint density at radius 2 is 1.95 bits per heavy atom. The maximum atomic E-state index is 10.9. The van der Waals surface area contributed by atoms with Crippen LogP contribution in [0.25, 0.3) is 11.3 Å². The van der Waals surface area contributed by atoms with Gasteiger partial charge in [-0.1, -0.05) is 30.3 Å². The Balaban J connectivity index is 1.91. The molecule has 0 radical (unpaired) electrons. The molecule has 110 valence electrons. The predicted octanol–water partition coefficient (Wildman–Crippen LogP) is 1.57. The summed E-state index contributed by atoms with van der Waals surface area (Å²) in [5.41, 5.74) is 4.68. The Morgan fingerprint density at radius 3 is 2.67 bits per heavy atom. The van der Waals surface area contributed by atoms with Crippen LogP contribution in [-0.2, 0) is 24.7 Å². The average Bonchev–Trinajstić information content (AvgIpc) is 2.66. The van der Waals surface area contributed by atoms with E-state index in [1.807, 2.05) is 34.8 Å². The van der Waals surface area contributed by atoms with E-state index in [4.69, 9.17) is 5.11 Å². The highest BCUT2D eigenvalue weighted by Crippen LogP contribution is 2.28. The van der Waals surface area contributed by atoms with Crippen LogP contribution >= 0.6 is 0 Å². The minimum absolute atomic E-state index is 0.108. The molecule has 1 aliphatic heterocycles. The van der Waals surface area contributed by atoms with E-state index in [0.717, 1.165) is 37.3 Å². The molecule has 1 aromatic heterocycles. The number of aliphatic carboxylic acids is 1. The number of nitrogens with zero attached hydrogens (tertiary/aromatic N) is 3. The zero-order valence-corrected chi connectivity index (χ0v) is 12.1. The van der Waals surface area contributed by atoms with Crippen LogP contribution in [0.5, 0.6) is 0 Å². The lowest BCUT2D eigenvalue weighted by Gasteiger charge is -2.17. The lowest BCUT2D eigenvalue weighted by molar-refractivity contribution is -0.138. The van der Waals surface area contributed by atoms with Gasteiger partial charge in [0.25, 0.3) is 0 Å². The molecule has 0 atom stereocenters. The average molecular weight is 285 g/mol. The van der Waals surface area contributed by atoms with E-state index in [-0.39, 0.29) is 6.54 Å².